The molecule has 0 saturated carbocycles. The topological polar surface area (TPSA) is 76.2 Å². The number of anilines is 1. The Morgan fingerprint density at radius 1 is 1.30 bits per heavy atom. The van der Waals surface area contributed by atoms with Crippen molar-refractivity contribution in [2.75, 3.05) is 18.4 Å². The first-order valence-corrected chi connectivity index (χ1v) is 8.97. The Hall–Kier alpha value is -2.93. The molecular formula is C20H22FN5O. The van der Waals surface area contributed by atoms with Crippen molar-refractivity contribution < 1.29 is 9.18 Å². The maximum Gasteiger partial charge on any atom is 0.321 e. The molecule has 0 bridgehead atoms. The predicted octanol–water partition coefficient (Wildman–Crippen LogP) is 3.25. The maximum atomic E-state index is 13.5. The summed E-state index contributed by atoms with van der Waals surface area (Å²) in [5.41, 5.74) is 9.96. The molecule has 1 aromatic heterocycles. The third-order valence-electron chi connectivity index (χ3n) is 5.08. The zero-order valence-corrected chi connectivity index (χ0v) is 15.4. The van der Waals surface area contributed by atoms with E-state index in [1.54, 1.807) is 11.0 Å². The number of nitrogens with two attached hydrogens (primary N) is 1. The minimum absolute atomic E-state index is 0.0570. The van der Waals surface area contributed by atoms with Crippen molar-refractivity contribution in [3.05, 3.63) is 47.8 Å². The summed E-state index contributed by atoms with van der Waals surface area (Å²) in [6.07, 6.45) is 0.832. The number of hydrogen-bond donors (Lipinski definition) is 2. The average molecular weight is 367 g/mol. The van der Waals surface area contributed by atoms with Crippen molar-refractivity contribution in [3.63, 3.8) is 0 Å². The first kappa shape index (κ1) is 17.5. The van der Waals surface area contributed by atoms with Crippen molar-refractivity contribution in [1.82, 2.24) is 14.5 Å². The Bertz CT molecular complexity index is 1030. The van der Waals surface area contributed by atoms with E-state index in [2.05, 4.69) is 10.3 Å². The number of likely N-dealkylation sites (tertiary alicyclic amines) is 1. The fourth-order valence-electron chi connectivity index (χ4n) is 3.54. The van der Waals surface area contributed by atoms with Gasteiger partial charge >= 0.3 is 6.03 Å². The van der Waals surface area contributed by atoms with Crippen LogP contribution < -0.4 is 11.1 Å². The monoisotopic (exact) mass is 367 g/mol. The van der Waals surface area contributed by atoms with Crippen molar-refractivity contribution in [2.24, 2.45) is 12.8 Å². The molecule has 0 spiro atoms. The second-order valence-electron chi connectivity index (χ2n) is 7.08. The van der Waals surface area contributed by atoms with E-state index >= 15 is 0 Å². The number of nitrogens with zero attached hydrogens (tertiary/aromatic N) is 3. The fraction of sp³-hybridized carbons (Fsp3) is 0.300. The van der Waals surface area contributed by atoms with Gasteiger partial charge in [0.1, 0.15) is 11.6 Å². The molecule has 3 N–H and O–H groups in total. The molecule has 1 aliphatic heterocycles. The summed E-state index contributed by atoms with van der Waals surface area (Å²) in [4.78, 5) is 18.7. The molecular weight excluding hydrogens is 345 g/mol. The zero-order chi connectivity index (χ0) is 19.1. The van der Waals surface area contributed by atoms with E-state index in [9.17, 15) is 9.18 Å². The van der Waals surface area contributed by atoms with Crippen LogP contribution in [0.1, 0.15) is 12.0 Å². The number of urea groups is 1. The van der Waals surface area contributed by atoms with Crippen molar-refractivity contribution in [3.8, 4) is 11.4 Å². The molecule has 4 rings (SSSR count). The Balaban J connectivity index is 1.60. The first-order chi connectivity index (χ1) is 12.9. The number of amides is 2. The maximum absolute atomic E-state index is 13.5. The van der Waals surface area contributed by atoms with Crippen LogP contribution in [-0.4, -0.2) is 39.6 Å². The van der Waals surface area contributed by atoms with Gasteiger partial charge < -0.3 is 20.5 Å². The molecule has 7 heteroatoms. The molecule has 0 aliphatic carbocycles. The number of rotatable bonds is 2. The molecule has 0 radical (unpaired) electrons. The lowest BCUT2D eigenvalue weighted by molar-refractivity contribution is 0.222. The number of benzene rings is 2. The zero-order valence-electron chi connectivity index (χ0n) is 15.4. The van der Waals surface area contributed by atoms with Crippen LogP contribution in [-0.2, 0) is 7.05 Å². The lowest BCUT2D eigenvalue weighted by atomic mass is 10.1. The Labute approximate surface area is 156 Å². The molecule has 2 heterocycles. The van der Waals surface area contributed by atoms with Gasteiger partial charge in [0.2, 0.25) is 0 Å². The van der Waals surface area contributed by atoms with Gasteiger partial charge in [-0.15, -0.1) is 0 Å². The molecule has 0 unspecified atom stereocenters. The van der Waals surface area contributed by atoms with Crippen LogP contribution in [0.4, 0.5) is 14.9 Å². The fourth-order valence-corrected chi connectivity index (χ4v) is 3.54. The van der Waals surface area contributed by atoms with Crippen LogP contribution in [0.3, 0.4) is 0 Å². The number of carbonyl (C=O) groups is 1. The summed E-state index contributed by atoms with van der Waals surface area (Å²) in [5.74, 6) is 0.449. The lowest BCUT2D eigenvalue weighted by Crippen LogP contribution is -2.35. The Kier molecular flexibility index (Phi) is 4.31. The molecule has 1 atom stereocenters. The quantitative estimate of drug-likeness (QED) is 0.730. The molecule has 2 amide bonds. The van der Waals surface area contributed by atoms with Gasteiger partial charge in [0.05, 0.1) is 11.0 Å². The number of carbonyl (C=O) groups excluding carboxylic acids is 1. The largest absolute Gasteiger partial charge is 0.327 e. The molecule has 1 saturated heterocycles. The van der Waals surface area contributed by atoms with Crippen molar-refractivity contribution in [2.45, 2.75) is 19.4 Å². The average Bonchev–Trinajstić information content (AvgIpc) is 3.20. The van der Waals surface area contributed by atoms with E-state index < -0.39 is 0 Å². The van der Waals surface area contributed by atoms with Gasteiger partial charge in [-0.1, -0.05) is 0 Å². The molecule has 3 aromatic rings. The molecule has 1 aliphatic rings. The highest BCUT2D eigenvalue weighted by molar-refractivity contribution is 5.91. The minimum Gasteiger partial charge on any atom is -0.327 e. The van der Waals surface area contributed by atoms with Gasteiger partial charge in [-0.2, -0.15) is 0 Å². The molecule has 6 nitrogen and oxygen atoms in total. The number of fused-ring (bicyclic) bond motifs is 1. The van der Waals surface area contributed by atoms with E-state index in [1.165, 1.54) is 12.1 Å². The van der Waals surface area contributed by atoms with Crippen LogP contribution in [0.25, 0.3) is 22.4 Å². The third-order valence-corrected chi connectivity index (χ3v) is 5.08. The highest BCUT2D eigenvalue weighted by atomic mass is 19.1. The van der Waals surface area contributed by atoms with Gasteiger partial charge in [0.15, 0.2) is 0 Å². The van der Waals surface area contributed by atoms with E-state index in [0.717, 1.165) is 34.6 Å². The molecule has 2 aromatic carbocycles. The van der Waals surface area contributed by atoms with Crippen LogP contribution in [0.2, 0.25) is 0 Å². The summed E-state index contributed by atoms with van der Waals surface area (Å²) in [7, 11) is 1.91. The predicted molar refractivity (Wildman–Crippen MR) is 104 cm³/mol. The highest BCUT2D eigenvalue weighted by Crippen LogP contribution is 2.27. The van der Waals surface area contributed by atoms with Gasteiger partial charge in [0.25, 0.3) is 0 Å². The second kappa shape index (κ2) is 6.66. The number of hydrogen-bond acceptors (Lipinski definition) is 3. The summed E-state index contributed by atoms with van der Waals surface area (Å²) >= 11 is 0. The number of aryl methyl sites for hydroxylation is 2. The van der Waals surface area contributed by atoms with Gasteiger partial charge in [0, 0.05) is 43.5 Å². The van der Waals surface area contributed by atoms with Crippen LogP contribution in [0.15, 0.2) is 36.4 Å². The number of aromatic nitrogens is 2. The third kappa shape index (κ3) is 3.26. The summed E-state index contributed by atoms with van der Waals surface area (Å²) < 4.78 is 15.4. The summed E-state index contributed by atoms with van der Waals surface area (Å²) in [5, 5.41) is 2.95. The molecule has 1 fully saturated rings. The van der Waals surface area contributed by atoms with Gasteiger partial charge in [-0.25, -0.2) is 14.2 Å². The normalized spacial score (nSPS) is 16.9. The Morgan fingerprint density at radius 2 is 2.11 bits per heavy atom. The molecule has 140 valence electrons. The standard InChI is InChI=1S/C20H22FN5O/c1-12-9-13(19-23-17-10-14(21)4-6-18(17)25(19)2)3-5-16(12)24-20(27)26-8-7-15(22)11-26/h3-6,9-10,15H,7-8,11,22H2,1-2H3,(H,24,27)/t15-/m1/s1. The smallest absolute Gasteiger partial charge is 0.321 e. The van der Waals surface area contributed by atoms with Crippen molar-refractivity contribution >= 4 is 22.8 Å². The Morgan fingerprint density at radius 3 is 2.81 bits per heavy atom. The lowest BCUT2D eigenvalue weighted by Gasteiger charge is -2.18. The highest BCUT2D eigenvalue weighted by Gasteiger charge is 2.24. The SMILES string of the molecule is Cc1cc(-c2nc3cc(F)ccc3n2C)ccc1NC(=O)N1CC[C@@H](N)C1. The van der Waals surface area contributed by atoms with Crippen LogP contribution >= 0.6 is 0 Å². The van der Waals surface area contributed by atoms with Gasteiger partial charge in [-0.3, -0.25) is 0 Å². The van der Waals surface area contributed by atoms with E-state index in [0.29, 0.717) is 18.6 Å². The van der Waals surface area contributed by atoms with E-state index in [-0.39, 0.29) is 17.9 Å². The summed E-state index contributed by atoms with van der Waals surface area (Å²) in [6, 6.07) is 10.3. The first-order valence-electron chi connectivity index (χ1n) is 8.97. The summed E-state index contributed by atoms with van der Waals surface area (Å²) in [6.45, 7) is 3.21. The van der Waals surface area contributed by atoms with E-state index in [4.69, 9.17) is 5.73 Å². The molecule has 27 heavy (non-hydrogen) atoms. The van der Waals surface area contributed by atoms with Crippen LogP contribution in [0.5, 0.6) is 0 Å². The van der Waals surface area contributed by atoms with E-state index in [1.807, 2.05) is 36.7 Å². The van der Waals surface area contributed by atoms with Crippen molar-refractivity contribution in [1.29, 1.82) is 0 Å². The number of halogens is 1. The minimum atomic E-state index is -0.303. The number of imidazole rings is 1. The number of nitrogens with one attached hydrogen (secondary N) is 1. The van der Waals surface area contributed by atoms with Crippen LogP contribution in [0, 0.1) is 12.7 Å². The second-order valence-corrected chi connectivity index (χ2v) is 7.08. The van der Waals surface area contributed by atoms with Gasteiger partial charge in [-0.05, 0) is 49.2 Å².